The van der Waals surface area contributed by atoms with Crippen molar-refractivity contribution in [1.82, 2.24) is 0 Å². The maximum Gasteiger partial charge on any atom is 0.171 e. The summed E-state index contributed by atoms with van der Waals surface area (Å²) in [5, 5.41) is 11.8. The van der Waals surface area contributed by atoms with E-state index in [1.165, 1.54) is 6.42 Å². The predicted molar refractivity (Wildman–Crippen MR) is 97.1 cm³/mol. The second-order valence-electron chi connectivity index (χ2n) is 7.25. The van der Waals surface area contributed by atoms with Gasteiger partial charge in [-0.1, -0.05) is 67.1 Å². The molecule has 0 aromatic heterocycles. The van der Waals surface area contributed by atoms with Gasteiger partial charge in [-0.25, -0.2) is 0 Å². The molecule has 1 N–H and O–H groups in total. The highest BCUT2D eigenvalue weighted by atomic mass is 16.7. The third kappa shape index (κ3) is 3.12. The van der Waals surface area contributed by atoms with Crippen molar-refractivity contribution in [3.05, 3.63) is 71.8 Å². The zero-order valence-corrected chi connectivity index (χ0v) is 14.6. The van der Waals surface area contributed by atoms with Crippen LogP contribution in [0.1, 0.15) is 43.2 Å². The van der Waals surface area contributed by atoms with Crippen LogP contribution >= 0.6 is 0 Å². The second kappa shape index (κ2) is 6.91. The van der Waals surface area contributed by atoms with Gasteiger partial charge in [0, 0.05) is 12.3 Å². The number of hydrogen-bond acceptors (Lipinski definition) is 3. The predicted octanol–water partition coefficient (Wildman–Crippen LogP) is 4.25. The number of rotatable bonds is 4. The van der Waals surface area contributed by atoms with Gasteiger partial charge in [-0.15, -0.1) is 0 Å². The average molecular weight is 338 g/mol. The molecule has 1 heterocycles. The molecule has 3 nitrogen and oxygen atoms in total. The summed E-state index contributed by atoms with van der Waals surface area (Å²) in [4.78, 5) is 0. The lowest BCUT2D eigenvalue weighted by Crippen LogP contribution is -2.45. The number of aliphatic hydroxyl groups is 1. The summed E-state index contributed by atoms with van der Waals surface area (Å²) < 4.78 is 12.2. The Morgan fingerprint density at radius 1 is 0.880 bits per heavy atom. The van der Waals surface area contributed by atoms with Crippen molar-refractivity contribution >= 4 is 0 Å². The van der Waals surface area contributed by atoms with E-state index >= 15 is 0 Å². The number of ether oxygens (including phenoxy) is 2. The zero-order chi connectivity index (χ0) is 17.2. The maximum atomic E-state index is 11.8. The summed E-state index contributed by atoms with van der Waals surface area (Å²) in [5.74, 6) is -0.315. The van der Waals surface area contributed by atoms with Crippen LogP contribution in [0.25, 0.3) is 0 Å². The summed E-state index contributed by atoms with van der Waals surface area (Å²) in [6.07, 6.45) is 4.87. The van der Waals surface area contributed by atoms with Gasteiger partial charge in [-0.2, -0.15) is 0 Å². The van der Waals surface area contributed by atoms with Gasteiger partial charge in [-0.05, 0) is 30.4 Å². The van der Waals surface area contributed by atoms with Gasteiger partial charge in [0.15, 0.2) is 5.79 Å². The van der Waals surface area contributed by atoms with Crippen LogP contribution in [0.15, 0.2) is 60.7 Å². The fourth-order valence-corrected chi connectivity index (χ4v) is 4.48. The molecule has 1 spiro atoms. The molecule has 1 aliphatic heterocycles. The second-order valence-corrected chi connectivity index (χ2v) is 7.25. The fourth-order valence-electron chi connectivity index (χ4n) is 4.48. The normalized spacial score (nSPS) is 23.0. The smallest absolute Gasteiger partial charge is 0.171 e. The van der Waals surface area contributed by atoms with E-state index in [-0.39, 0.29) is 5.92 Å². The first-order valence-corrected chi connectivity index (χ1v) is 9.34. The van der Waals surface area contributed by atoms with E-state index in [1.54, 1.807) is 0 Å². The highest BCUT2D eigenvalue weighted by Crippen LogP contribution is 2.47. The fraction of sp³-hybridized carbons (Fsp3) is 0.455. The van der Waals surface area contributed by atoms with E-state index < -0.39 is 11.4 Å². The lowest BCUT2D eigenvalue weighted by molar-refractivity contribution is -0.222. The molecule has 1 saturated carbocycles. The molecule has 1 aliphatic carbocycles. The Hall–Kier alpha value is -1.68. The van der Waals surface area contributed by atoms with E-state index in [0.717, 1.165) is 30.4 Å². The third-order valence-corrected chi connectivity index (χ3v) is 5.77. The molecule has 25 heavy (non-hydrogen) atoms. The van der Waals surface area contributed by atoms with Crippen molar-refractivity contribution in [2.45, 2.75) is 43.5 Å². The summed E-state index contributed by atoms with van der Waals surface area (Å²) in [7, 11) is 0. The Morgan fingerprint density at radius 3 is 2.00 bits per heavy atom. The first-order chi connectivity index (χ1) is 12.2. The van der Waals surface area contributed by atoms with Crippen LogP contribution in [-0.4, -0.2) is 24.1 Å². The largest absolute Gasteiger partial charge is 0.380 e. The van der Waals surface area contributed by atoms with Gasteiger partial charge >= 0.3 is 0 Å². The van der Waals surface area contributed by atoms with Gasteiger partial charge in [0.2, 0.25) is 0 Å². The van der Waals surface area contributed by atoms with E-state index in [9.17, 15) is 5.11 Å². The Morgan fingerprint density at radius 2 is 1.44 bits per heavy atom. The molecule has 0 amide bonds. The topological polar surface area (TPSA) is 38.7 Å². The van der Waals surface area contributed by atoms with E-state index in [2.05, 4.69) is 0 Å². The van der Waals surface area contributed by atoms with Gasteiger partial charge in [0.05, 0.1) is 13.2 Å². The third-order valence-electron chi connectivity index (χ3n) is 5.77. The van der Waals surface area contributed by atoms with Crippen LogP contribution in [0, 0.1) is 5.92 Å². The van der Waals surface area contributed by atoms with Crippen LogP contribution in [0.3, 0.4) is 0 Å². The number of hydrogen-bond donors (Lipinski definition) is 1. The molecule has 2 aromatic carbocycles. The quantitative estimate of drug-likeness (QED) is 0.906. The average Bonchev–Trinajstić information content (AvgIpc) is 3.14. The van der Waals surface area contributed by atoms with Crippen molar-refractivity contribution in [3.63, 3.8) is 0 Å². The van der Waals surface area contributed by atoms with E-state index in [4.69, 9.17) is 9.47 Å². The van der Waals surface area contributed by atoms with Crippen LogP contribution in [0.5, 0.6) is 0 Å². The molecule has 2 aromatic rings. The molecular formula is C22H26O3. The monoisotopic (exact) mass is 338 g/mol. The van der Waals surface area contributed by atoms with Gasteiger partial charge in [0.1, 0.15) is 5.60 Å². The molecule has 3 heteroatoms. The van der Waals surface area contributed by atoms with Crippen LogP contribution < -0.4 is 0 Å². The van der Waals surface area contributed by atoms with Crippen molar-refractivity contribution in [2.24, 2.45) is 5.92 Å². The molecule has 1 unspecified atom stereocenters. The molecule has 0 radical (unpaired) electrons. The standard InChI is InChI=1S/C22H26O3/c23-21(18-9-3-1-4-10-18,19-11-5-2-6-12-19)17-20-13-7-8-14-22(20)24-15-16-25-22/h1-6,9-12,20,23H,7-8,13-17H2. The lowest BCUT2D eigenvalue weighted by atomic mass is 9.72. The van der Waals surface area contributed by atoms with Crippen LogP contribution in [-0.2, 0) is 15.1 Å². The van der Waals surface area contributed by atoms with Gasteiger partial charge in [-0.3, -0.25) is 0 Å². The van der Waals surface area contributed by atoms with E-state index in [0.29, 0.717) is 19.6 Å². The lowest BCUT2D eigenvalue weighted by Gasteiger charge is -2.43. The Bertz CT molecular complexity index is 637. The number of benzene rings is 2. The maximum absolute atomic E-state index is 11.8. The Labute approximate surface area is 149 Å². The molecule has 2 aliphatic rings. The van der Waals surface area contributed by atoms with Crippen molar-refractivity contribution in [3.8, 4) is 0 Å². The Balaban J connectivity index is 1.71. The Kier molecular flexibility index (Phi) is 4.63. The summed E-state index contributed by atoms with van der Waals surface area (Å²) in [5.41, 5.74) is 0.826. The summed E-state index contributed by atoms with van der Waals surface area (Å²) in [6.45, 7) is 1.32. The molecule has 4 rings (SSSR count). The minimum Gasteiger partial charge on any atom is -0.380 e. The minimum atomic E-state index is -1.03. The van der Waals surface area contributed by atoms with Crippen LogP contribution in [0.2, 0.25) is 0 Å². The van der Waals surface area contributed by atoms with Crippen molar-refractivity contribution in [2.75, 3.05) is 13.2 Å². The molecule has 2 fully saturated rings. The zero-order valence-electron chi connectivity index (χ0n) is 14.6. The summed E-state index contributed by atoms with van der Waals surface area (Å²) >= 11 is 0. The van der Waals surface area contributed by atoms with E-state index in [1.807, 2.05) is 60.7 Å². The molecule has 132 valence electrons. The highest BCUT2D eigenvalue weighted by Gasteiger charge is 2.49. The molecule has 1 atom stereocenters. The van der Waals surface area contributed by atoms with Crippen molar-refractivity contribution < 1.29 is 14.6 Å². The first-order valence-electron chi connectivity index (χ1n) is 9.34. The molecule has 1 saturated heterocycles. The summed E-state index contributed by atoms with van der Waals surface area (Å²) in [6, 6.07) is 20.0. The van der Waals surface area contributed by atoms with Crippen molar-refractivity contribution in [1.29, 1.82) is 0 Å². The minimum absolute atomic E-state index is 0.189. The van der Waals surface area contributed by atoms with Gasteiger partial charge in [0.25, 0.3) is 0 Å². The molecule has 0 bridgehead atoms. The van der Waals surface area contributed by atoms with Gasteiger partial charge < -0.3 is 14.6 Å². The SMILES string of the molecule is OC(CC1CCCCC12OCCO2)(c1ccccc1)c1ccccc1. The highest BCUT2D eigenvalue weighted by molar-refractivity contribution is 5.36. The van der Waals surface area contributed by atoms with Crippen LogP contribution in [0.4, 0.5) is 0 Å². The first kappa shape index (κ1) is 16.8. The molecular weight excluding hydrogens is 312 g/mol.